The van der Waals surface area contributed by atoms with Crippen LogP contribution in [0.25, 0.3) is 22.0 Å². The minimum Gasteiger partial charge on any atom is -0.339 e. The van der Waals surface area contributed by atoms with Crippen LogP contribution in [-0.2, 0) is 6.42 Å². The van der Waals surface area contributed by atoms with Crippen LogP contribution in [0.3, 0.4) is 0 Å². The first kappa shape index (κ1) is 19.8. The second-order valence-electron chi connectivity index (χ2n) is 6.95. The monoisotopic (exact) mass is 439 g/mol. The van der Waals surface area contributed by atoms with Crippen LogP contribution in [0.1, 0.15) is 21.9 Å². The number of nitrogens with one attached hydrogen (secondary N) is 1. The van der Waals surface area contributed by atoms with E-state index in [-0.39, 0.29) is 5.91 Å². The van der Waals surface area contributed by atoms with E-state index in [1.54, 1.807) is 17.8 Å². The maximum absolute atomic E-state index is 12.8. The molecule has 0 aliphatic carbocycles. The maximum atomic E-state index is 12.8. The van der Waals surface area contributed by atoms with E-state index in [2.05, 4.69) is 25.4 Å². The van der Waals surface area contributed by atoms with Crippen molar-refractivity contribution in [1.29, 1.82) is 0 Å². The standard InChI is InChI=1S/C24H17N5O2S/c30-23(20-15-32-24(27-20)16-7-2-1-3-8-16)26-19-11-5-4-9-17(19)13-21-28-22(29-31-21)18-10-6-12-25-14-18/h1-12,14-15H,13H2,(H,26,30). The van der Waals surface area contributed by atoms with Crippen molar-refractivity contribution >= 4 is 22.9 Å². The molecule has 0 spiro atoms. The van der Waals surface area contributed by atoms with Crippen LogP contribution in [0, 0.1) is 0 Å². The molecule has 2 aromatic carbocycles. The number of hydrogen-bond acceptors (Lipinski definition) is 7. The second-order valence-corrected chi connectivity index (χ2v) is 7.80. The topological polar surface area (TPSA) is 93.8 Å². The lowest BCUT2D eigenvalue weighted by atomic mass is 10.1. The van der Waals surface area contributed by atoms with Crippen LogP contribution in [0.15, 0.2) is 89.0 Å². The summed E-state index contributed by atoms with van der Waals surface area (Å²) < 4.78 is 5.41. The average Bonchev–Trinajstić information content (AvgIpc) is 3.52. The number of aromatic nitrogens is 4. The molecule has 0 aliphatic heterocycles. The summed E-state index contributed by atoms with van der Waals surface area (Å²) in [6, 6.07) is 21.0. The Labute approximate surface area is 187 Å². The number of hydrogen-bond donors (Lipinski definition) is 1. The highest BCUT2D eigenvalue weighted by atomic mass is 32.1. The Kier molecular flexibility index (Phi) is 5.50. The molecular formula is C24H17N5O2S. The van der Waals surface area contributed by atoms with Crippen molar-refractivity contribution in [3.63, 3.8) is 0 Å². The lowest BCUT2D eigenvalue weighted by Crippen LogP contribution is -2.13. The Morgan fingerprint density at radius 3 is 2.59 bits per heavy atom. The molecule has 32 heavy (non-hydrogen) atoms. The Morgan fingerprint density at radius 1 is 0.938 bits per heavy atom. The number of anilines is 1. The van der Waals surface area contributed by atoms with Gasteiger partial charge in [0.1, 0.15) is 10.7 Å². The van der Waals surface area contributed by atoms with Gasteiger partial charge in [-0.1, -0.05) is 53.7 Å². The Bertz CT molecular complexity index is 1350. The van der Waals surface area contributed by atoms with Gasteiger partial charge in [-0.2, -0.15) is 4.98 Å². The van der Waals surface area contributed by atoms with Gasteiger partial charge < -0.3 is 9.84 Å². The third kappa shape index (κ3) is 4.30. The van der Waals surface area contributed by atoms with E-state index in [0.717, 1.165) is 21.7 Å². The van der Waals surface area contributed by atoms with E-state index in [1.165, 1.54) is 11.3 Å². The van der Waals surface area contributed by atoms with E-state index in [9.17, 15) is 4.79 Å². The first-order chi connectivity index (χ1) is 15.8. The van der Waals surface area contributed by atoms with Crippen molar-refractivity contribution in [2.45, 2.75) is 6.42 Å². The molecule has 0 saturated heterocycles. The van der Waals surface area contributed by atoms with Gasteiger partial charge in [-0.3, -0.25) is 9.78 Å². The van der Waals surface area contributed by atoms with Crippen molar-refractivity contribution in [2.75, 3.05) is 5.32 Å². The molecule has 0 fully saturated rings. The highest BCUT2D eigenvalue weighted by Crippen LogP contribution is 2.25. The van der Waals surface area contributed by atoms with E-state index in [1.807, 2.05) is 66.7 Å². The Balaban J connectivity index is 1.33. The van der Waals surface area contributed by atoms with Crippen molar-refractivity contribution in [2.24, 2.45) is 0 Å². The average molecular weight is 440 g/mol. The third-order valence-electron chi connectivity index (χ3n) is 4.75. The smallest absolute Gasteiger partial charge is 0.275 e. The molecule has 156 valence electrons. The van der Waals surface area contributed by atoms with Gasteiger partial charge in [0.25, 0.3) is 5.91 Å². The van der Waals surface area contributed by atoms with Crippen molar-refractivity contribution < 1.29 is 9.32 Å². The number of amides is 1. The minimum atomic E-state index is -0.266. The number of carbonyl (C=O) groups is 1. The molecule has 1 amide bonds. The van der Waals surface area contributed by atoms with E-state index < -0.39 is 0 Å². The van der Waals surface area contributed by atoms with Gasteiger partial charge in [0.15, 0.2) is 0 Å². The lowest BCUT2D eigenvalue weighted by Gasteiger charge is -2.08. The SMILES string of the molecule is O=C(Nc1ccccc1Cc1nc(-c2cccnc2)no1)c1csc(-c2ccccc2)n1. The van der Waals surface area contributed by atoms with Crippen molar-refractivity contribution in [3.05, 3.63) is 102 Å². The van der Waals surface area contributed by atoms with Crippen LogP contribution in [-0.4, -0.2) is 26.0 Å². The molecule has 8 heteroatoms. The number of rotatable bonds is 6. The third-order valence-corrected chi connectivity index (χ3v) is 5.64. The molecule has 7 nitrogen and oxygen atoms in total. The van der Waals surface area contributed by atoms with Gasteiger partial charge in [0.2, 0.25) is 11.7 Å². The van der Waals surface area contributed by atoms with Crippen molar-refractivity contribution in [1.82, 2.24) is 20.1 Å². The molecular weight excluding hydrogens is 422 g/mol. The quantitative estimate of drug-likeness (QED) is 0.396. The first-order valence-corrected chi connectivity index (χ1v) is 10.8. The fourth-order valence-corrected chi connectivity index (χ4v) is 3.98. The zero-order valence-corrected chi connectivity index (χ0v) is 17.6. The summed E-state index contributed by atoms with van der Waals surface area (Å²) in [6.07, 6.45) is 3.75. The molecule has 3 heterocycles. The highest BCUT2D eigenvalue weighted by molar-refractivity contribution is 7.13. The van der Waals surface area contributed by atoms with E-state index >= 15 is 0 Å². The van der Waals surface area contributed by atoms with Gasteiger partial charge in [-0.25, -0.2) is 4.98 Å². The summed E-state index contributed by atoms with van der Waals surface area (Å²) in [7, 11) is 0. The summed E-state index contributed by atoms with van der Waals surface area (Å²) in [5.41, 5.74) is 3.67. The summed E-state index contributed by atoms with van der Waals surface area (Å²) in [6.45, 7) is 0. The van der Waals surface area contributed by atoms with Crippen LogP contribution in [0.5, 0.6) is 0 Å². The summed E-state index contributed by atoms with van der Waals surface area (Å²) in [5.74, 6) is 0.661. The van der Waals surface area contributed by atoms with Gasteiger partial charge in [-0.05, 0) is 23.8 Å². The van der Waals surface area contributed by atoms with E-state index in [4.69, 9.17) is 4.52 Å². The van der Waals surface area contributed by atoms with Crippen LogP contribution in [0.4, 0.5) is 5.69 Å². The number of benzene rings is 2. The molecule has 5 rings (SSSR count). The molecule has 3 aromatic heterocycles. The predicted molar refractivity (Wildman–Crippen MR) is 122 cm³/mol. The molecule has 0 bridgehead atoms. The summed E-state index contributed by atoms with van der Waals surface area (Å²) in [4.78, 5) is 25.8. The van der Waals surface area contributed by atoms with E-state index in [0.29, 0.717) is 29.5 Å². The van der Waals surface area contributed by atoms with Gasteiger partial charge in [0.05, 0.1) is 6.42 Å². The van der Waals surface area contributed by atoms with Crippen molar-refractivity contribution in [3.8, 4) is 22.0 Å². The molecule has 0 aliphatic rings. The molecule has 0 saturated carbocycles. The van der Waals surface area contributed by atoms with Gasteiger partial charge in [0, 0.05) is 34.6 Å². The lowest BCUT2D eigenvalue weighted by molar-refractivity contribution is 0.102. The predicted octanol–water partition coefficient (Wildman–Crippen LogP) is 5.10. The number of carbonyl (C=O) groups excluding carboxylic acids is 1. The minimum absolute atomic E-state index is 0.266. The molecule has 5 aromatic rings. The maximum Gasteiger partial charge on any atom is 0.275 e. The largest absolute Gasteiger partial charge is 0.339 e. The zero-order valence-electron chi connectivity index (χ0n) is 16.8. The number of nitrogens with zero attached hydrogens (tertiary/aromatic N) is 4. The Hall–Kier alpha value is -4.17. The second kappa shape index (κ2) is 8.91. The van der Waals surface area contributed by atoms with Gasteiger partial charge in [-0.15, -0.1) is 11.3 Å². The Morgan fingerprint density at radius 2 is 1.75 bits per heavy atom. The summed E-state index contributed by atoms with van der Waals surface area (Å²) >= 11 is 1.44. The number of pyridine rings is 1. The molecule has 0 atom stereocenters. The highest BCUT2D eigenvalue weighted by Gasteiger charge is 2.16. The van der Waals surface area contributed by atoms with Gasteiger partial charge >= 0.3 is 0 Å². The normalized spacial score (nSPS) is 10.8. The summed E-state index contributed by atoms with van der Waals surface area (Å²) in [5, 5.41) is 9.55. The zero-order chi connectivity index (χ0) is 21.8. The number of thiazole rings is 1. The fourth-order valence-electron chi connectivity index (χ4n) is 3.18. The molecule has 0 radical (unpaired) electrons. The first-order valence-electron chi connectivity index (χ1n) is 9.89. The fraction of sp³-hybridized carbons (Fsp3) is 0.0417. The van der Waals surface area contributed by atoms with Crippen LogP contribution < -0.4 is 5.32 Å². The van der Waals surface area contributed by atoms with Crippen LogP contribution in [0.2, 0.25) is 0 Å². The molecule has 0 unspecified atom stereocenters. The molecule has 1 N–H and O–H groups in total. The van der Waals surface area contributed by atoms with Crippen LogP contribution >= 0.6 is 11.3 Å². The number of para-hydroxylation sites is 1.